The fraction of sp³-hybridized carbons (Fsp3) is 0.881. The second kappa shape index (κ2) is 54.9. The number of nitrogens with one attached hydrogen (secondary N) is 1. The van der Waals surface area contributed by atoms with Gasteiger partial charge in [0.1, 0.15) is 0 Å². The van der Waals surface area contributed by atoms with Crippen molar-refractivity contribution in [3.05, 3.63) is 36.5 Å². The molecule has 1 amide bonds. The first-order valence-electron chi connectivity index (χ1n) is 28.7. The first kappa shape index (κ1) is 61.6. The van der Waals surface area contributed by atoms with Crippen LogP contribution in [0.3, 0.4) is 0 Å². The summed E-state index contributed by atoms with van der Waals surface area (Å²) in [7, 11) is 0. The topological polar surface area (TPSA) is 69.6 Å². The Kier molecular flexibility index (Phi) is 53.7. The summed E-state index contributed by atoms with van der Waals surface area (Å²) < 4.78 is 0. The third kappa shape index (κ3) is 51.5. The summed E-state index contributed by atoms with van der Waals surface area (Å²) >= 11 is 0. The van der Waals surface area contributed by atoms with E-state index in [0.29, 0.717) is 6.42 Å². The lowest BCUT2D eigenvalue weighted by molar-refractivity contribution is -0.123. The average molecular weight is 885 g/mol. The van der Waals surface area contributed by atoms with Crippen LogP contribution in [0.2, 0.25) is 0 Å². The van der Waals surface area contributed by atoms with Crippen molar-refractivity contribution in [1.82, 2.24) is 5.32 Å². The van der Waals surface area contributed by atoms with Crippen molar-refractivity contribution in [3.8, 4) is 0 Å². The maximum absolute atomic E-state index is 12.5. The van der Waals surface area contributed by atoms with Crippen molar-refractivity contribution in [2.24, 2.45) is 0 Å². The van der Waals surface area contributed by atoms with Gasteiger partial charge in [0, 0.05) is 6.42 Å². The van der Waals surface area contributed by atoms with Crippen LogP contribution in [0.1, 0.15) is 316 Å². The Labute approximate surface area is 395 Å². The monoisotopic (exact) mass is 884 g/mol. The predicted octanol–water partition coefficient (Wildman–Crippen LogP) is 18.9. The summed E-state index contributed by atoms with van der Waals surface area (Å²) in [6.45, 7) is 4.33. The van der Waals surface area contributed by atoms with Gasteiger partial charge in [0.05, 0.1) is 18.8 Å². The number of hydrogen-bond donors (Lipinski definition) is 3. The molecule has 0 radical (unpaired) electrons. The Morgan fingerprint density at radius 1 is 0.365 bits per heavy atom. The van der Waals surface area contributed by atoms with Crippen LogP contribution in [0.15, 0.2) is 36.5 Å². The molecule has 4 heteroatoms. The smallest absolute Gasteiger partial charge is 0.220 e. The maximum atomic E-state index is 12.5. The van der Waals surface area contributed by atoms with Gasteiger partial charge in [0.15, 0.2) is 0 Å². The molecule has 0 rings (SSSR count). The first-order valence-corrected chi connectivity index (χ1v) is 28.7. The molecule has 2 atom stereocenters. The van der Waals surface area contributed by atoms with Crippen LogP contribution in [-0.2, 0) is 4.79 Å². The number of hydrogen-bond acceptors (Lipinski definition) is 3. The van der Waals surface area contributed by atoms with E-state index < -0.39 is 12.1 Å². The summed E-state index contributed by atoms with van der Waals surface area (Å²) in [4.78, 5) is 12.5. The third-order valence-corrected chi connectivity index (χ3v) is 13.4. The normalized spacial score (nSPS) is 13.0. The second-order valence-corrected chi connectivity index (χ2v) is 19.7. The highest BCUT2D eigenvalue weighted by atomic mass is 16.3. The van der Waals surface area contributed by atoms with Crippen LogP contribution >= 0.6 is 0 Å². The highest BCUT2D eigenvalue weighted by Gasteiger charge is 2.18. The zero-order chi connectivity index (χ0) is 45.6. The maximum Gasteiger partial charge on any atom is 0.220 e. The largest absolute Gasteiger partial charge is 0.394 e. The van der Waals surface area contributed by atoms with E-state index in [0.717, 1.165) is 38.5 Å². The molecule has 0 heterocycles. The van der Waals surface area contributed by atoms with E-state index in [-0.39, 0.29) is 12.5 Å². The highest BCUT2D eigenvalue weighted by Crippen LogP contribution is 2.17. The quantitative estimate of drug-likeness (QED) is 0.0421. The van der Waals surface area contributed by atoms with Crippen molar-refractivity contribution < 1.29 is 15.0 Å². The molecule has 0 aliphatic carbocycles. The highest BCUT2D eigenvalue weighted by molar-refractivity contribution is 5.76. The van der Waals surface area contributed by atoms with Gasteiger partial charge in [0.25, 0.3) is 0 Å². The Hall–Kier alpha value is -1.39. The van der Waals surface area contributed by atoms with E-state index in [1.54, 1.807) is 6.08 Å². The van der Waals surface area contributed by atoms with Crippen LogP contribution in [0, 0.1) is 0 Å². The Balaban J connectivity index is 3.53. The Bertz CT molecular complexity index is 958. The predicted molar refractivity (Wildman–Crippen MR) is 281 cm³/mol. The summed E-state index contributed by atoms with van der Waals surface area (Å²) in [5.74, 6) is -0.0720. The molecule has 3 N–H and O–H groups in total. The number of allylic oxidation sites excluding steroid dienone is 5. The van der Waals surface area contributed by atoms with Gasteiger partial charge in [-0.05, 0) is 44.9 Å². The molecule has 0 spiro atoms. The van der Waals surface area contributed by atoms with Gasteiger partial charge in [-0.3, -0.25) is 4.79 Å². The SMILES string of the molecule is CCCCCCCCCCCCCCCCCCCCC/C=C/CC/C=C/CC/C=C/C(O)C(CO)NC(=O)CCCCCCCCCCCCCCCCCCCCCCCC. The molecule has 4 nitrogen and oxygen atoms in total. The molecule has 0 fully saturated rings. The van der Waals surface area contributed by atoms with E-state index >= 15 is 0 Å². The number of carbonyl (C=O) groups is 1. The number of unbranched alkanes of at least 4 members (excludes halogenated alkanes) is 42. The molecule has 0 aromatic carbocycles. The number of amides is 1. The zero-order valence-corrected chi connectivity index (χ0v) is 42.9. The van der Waals surface area contributed by atoms with Gasteiger partial charge in [-0.25, -0.2) is 0 Å². The lowest BCUT2D eigenvalue weighted by Crippen LogP contribution is -2.45. The summed E-state index contributed by atoms with van der Waals surface area (Å²) in [5, 5.41) is 23.1. The lowest BCUT2D eigenvalue weighted by Gasteiger charge is -2.19. The fourth-order valence-electron chi connectivity index (χ4n) is 8.98. The van der Waals surface area contributed by atoms with Crippen LogP contribution < -0.4 is 5.32 Å². The molecular weight excluding hydrogens is 771 g/mol. The van der Waals surface area contributed by atoms with E-state index in [9.17, 15) is 15.0 Å². The molecule has 372 valence electrons. The van der Waals surface area contributed by atoms with Gasteiger partial charge in [-0.1, -0.05) is 301 Å². The molecule has 0 saturated carbocycles. The third-order valence-electron chi connectivity index (χ3n) is 13.4. The Morgan fingerprint density at radius 2 is 0.619 bits per heavy atom. The summed E-state index contributed by atoms with van der Waals surface area (Å²) in [6, 6.07) is -0.644. The van der Waals surface area contributed by atoms with Gasteiger partial charge in [-0.15, -0.1) is 0 Å². The first-order chi connectivity index (χ1) is 31.2. The lowest BCUT2D eigenvalue weighted by atomic mass is 10.0. The minimum absolute atomic E-state index is 0.0720. The number of carbonyl (C=O) groups excluding carboxylic acids is 1. The van der Waals surface area contributed by atoms with E-state index in [1.807, 2.05) is 6.08 Å². The average Bonchev–Trinajstić information content (AvgIpc) is 3.29. The number of aliphatic hydroxyl groups excluding tert-OH is 2. The van der Waals surface area contributed by atoms with E-state index in [1.165, 1.54) is 257 Å². The van der Waals surface area contributed by atoms with Crippen LogP contribution in [0.5, 0.6) is 0 Å². The molecule has 0 aromatic rings. The van der Waals surface area contributed by atoms with Crippen LogP contribution in [0.25, 0.3) is 0 Å². The van der Waals surface area contributed by atoms with Gasteiger partial charge in [-0.2, -0.15) is 0 Å². The minimum atomic E-state index is -0.869. The van der Waals surface area contributed by atoms with Gasteiger partial charge >= 0.3 is 0 Å². The molecular formula is C59H113NO3. The molecule has 0 saturated heterocycles. The van der Waals surface area contributed by atoms with Crippen LogP contribution in [0.4, 0.5) is 0 Å². The number of rotatable bonds is 53. The van der Waals surface area contributed by atoms with Crippen molar-refractivity contribution in [3.63, 3.8) is 0 Å². The standard InChI is InChI=1S/C59H113NO3/c1-3-5-7-9-11-13-15-17-19-21-23-25-27-28-29-30-31-32-33-34-36-38-40-42-44-46-48-50-52-54-58(62)57(56-61)60-59(63)55-53-51-49-47-45-43-41-39-37-35-26-24-22-20-18-16-14-12-10-8-6-4-2/h36,38,44,46,52,54,57-58,61-62H,3-35,37,39-43,45,47-51,53,55-56H2,1-2H3,(H,60,63)/b38-36+,46-44+,54-52+. The van der Waals surface area contributed by atoms with E-state index in [4.69, 9.17) is 0 Å². The summed E-state index contributed by atoms with van der Waals surface area (Å²) in [5.41, 5.74) is 0. The fourth-order valence-corrected chi connectivity index (χ4v) is 8.98. The molecule has 0 bridgehead atoms. The van der Waals surface area contributed by atoms with Crippen molar-refractivity contribution in [2.75, 3.05) is 6.61 Å². The van der Waals surface area contributed by atoms with E-state index in [2.05, 4.69) is 43.5 Å². The van der Waals surface area contributed by atoms with Crippen molar-refractivity contribution >= 4 is 5.91 Å². The van der Waals surface area contributed by atoms with Gasteiger partial charge < -0.3 is 15.5 Å². The van der Waals surface area contributed by atoms with Crippen LogP contribution in [-0.4, -0.2) is 34.9 Å². The zero-order valence-electron chi connectivity index (χ0n) is 42.9. The van der Waals surface area contributed by atoms with Gasteiger partial charge in [0.2, 0.25) is 5.91 Å². The van der Waals surface area contributed by atoms with Crippen molar-refractivity contribution in [2.45, 2.75) is 328 Å². The molecule has 0 aliphatic heterocycles. The summed E-state index contributed by atoms with van der Waals surface area (Å²) in [6.07, 6.45) is 74.6. The molecule has 0 aromatic heterocycles. The second-order valence-electron chi connectivity index (χ2n) is 19.7. The van der Waals surface area contributed by atoms with Crippen molar-refractivity contribution in [1.29, 1.82) is 0 Å². The number of aliphatic hydroxyl groups is 2. The molecule has 63 heavy (non-hydrogen) atoms. The molecule has 2 unspecified atom stereocenters. The Morgan fingerprint density at radius 3 is 0.921 bits per heavy atom. The molecule has 0 aliphatic rings. The minimum Gasteiger partial charge on any atom is -0.394 e.